The fourth-order valence-electron chi connectivity index (χ4n) is 4.04. The van der Waals surface area contributed by atoms with Gasteiger partial charge >= 0.3 is 0 Å². The topological polar surface area (TPSA) is 26.3 Å². The maximum absolute atomic E-state index is 10.9. The molecule has 0 aromatic heterocycles. The lowest BCUT2D eigenvalue weighted by Gasteiger charge is -2.54. The average molecular weight is 236 g/mol. The lowest BCUT2D eigenvalue weighted by atomic mass is 9.53. The first-order chi connectivity index (χ1) is 8.03. The molecule has 0 radical (unpaired) electrons. The van der Waals surface area contributed by atoms with Gasteiger partial charge in [0.2, 0.25) is 0 Å². The van der Waals surface area contributed by atoms with E-state index >= 15 is 0 Å². The van der Waals surface area contributed by atoms with Crippen molar-refractivity contribution in [1.82, 2.24) is 0 Å². The van der Waals surface area contributed by atoms with Crippen LogP contribution >= 0.6 is 0 Å². The van der Waals surface area contributed by atoms with Gasteiger partial charge in [0, 0.05) is 10.8 Å². The van der Waals surface area contributed by atoms with Gasteiger partial charge in [-0.15, -0.1) is 0 Å². The Morgan fingerprint density at radius 1 is 1.29 bits per heavy atom. The van der Waals surface area contributed by atoms with Crippen molar-refractivity contribution in [3.8, 4) is 0 Å². The van der Waals surface area contributed by atoms with Crippen LogP contribution in [0.1, 0.15) is 52.9 Å². The molecule has 3 atom stereocenters. The molecule has 0 bridgehead atoms. The molecule has 1 spiro atoms. The van der Waals surface area contributed by atoms with E-state index < -0.39 is 0 Å². The Balaban J connectivity index is 2.35. The highest BCUT2D eigenvalue weighted by molar-refractivity contribution is 5.38. The van der Waals surface area contributed by atoms with E-state index in [4.69, 9.17) is 4.74 Å². The molecule has 1 saturated carbocycles. The van der Waals surface area contributed by atoms with Crippen molar-refractivity contribution in [3.63, 3.8) is 0 Å². The molecule has 1 fully saturated rings. The van der Waals surface area contributed by atoms with Gasteiger partial charge in [-0.3, -0.25) is 4.79 Å². The molecule has 0 heterocycles. The smallest absolute Gasteiger partial charge is 0.293 e. The molecule has 2 rings (SSSR count). The molecule has 2 aliphatic rings. The quantitative estimate of drug-likeness (QED) is 0.539. The highest BCUT2D eigenvalue weighted by atomic mass is 16.5. The molecule has 0 saturated heterocycles. The van der Waals surface area contributed by atoms with Crippen molar-refractivity contribution in [2.75, 3.05) is 0 Å². The molecule has 96 valence electrons. The second-order valence-electron chi connectivity index (χ2n) is 6.50. The van der Waals surface area contributed by atoms with Crippen LogP contribution in [0.3, 0.4) is 0 Å². The van der Waals surface area contributed by atoms with E-state index in [-0.39, 0.29) is 16.9 Å². The Bertz CT molecular complexity index is 319. The first-order valence-corrected chi connectivity index (χ1v) is 6.77. The van der Waals surface area contributed by atoms with Crippen LogP contribution in [0.5, 0.6) is 0 Å². The molecule has 0 aromatic carbocycles. The zero-order valence-electron chi connectivity index (χ0n) is 11.2. The summed E-state index contributed by atoms with van der Waals surface area (Å²) < 4.78 is 5.55. The first-order valence-electron chi connectivity index (χ1n) is 6.77. The van der Waals surface area contributed by atoms with Crippen LogP contribution in [0.2, 0.25) is 0 Å². The van der Waals surface area contributed by atoms with Crippen LogP contribution in [0.4, 0.5) is 0 Å². The van der Waals surface area contributed by atoms with E-state index in [0.29, 0.717) is 12.4 Å². The lowest BCUT2D eigenvalue weighted by molar-refractivity contribution is -0.168. The summed E-state index contributed by atoms with van der Waals surface area (Å²) in [5.41, 5.74) is 0.288. The number of carbonyl (C=O) groups excluding carboxylic acids is 1. The second-order valence-corrected chi connectivity index (χ2v) is 6.50. The van der Waals surface area contributed by atoms with Gasteiger partial charge < -0.3 is 4.74 Å². The SMILES string of the molecule is CC1CC=CCC12CCCC(C)(C)C2OC=O. The third-order valence-electron chi connectivity index (χ3n) is 5.02. The molecule has 2 aliphatic carbocycles. The van der Waals surface area contributed by atoms with Crippen molar-refractivity contribution in [2.45, 2.75) is 59.0 Å². The summed E-state index contributed by atoms with van der Waals surface area (Å²) in [6, 6.07) is 0. The van der Waals surface area contributed by atoms with Crippen molar-refractivity contribution < 1.29 is 9.53 Å². The molecule has 0 aliphatic heterocycles. The number of ether oxygens (including phenoxy) is 1. The molecule has 0 amide bonds. The summed E-state index contributed by atoms with van der Waals surface area (Å²) >= 11 is 0. The van der Waals surface area contributed by atoms with E-state index in [0.717, 1.165) is 19.3 Å². The molecule has 0 aromatic rings. The molecule has 0 N–H and O–H groups in total. The molecular weight excluding hydrogens is 212 g/mol. The summed E-state index contributed by atoms with van der Waals surface area (Å²) in [6.45, 7) is 7.46. The summed E-state index contributed by atoms with van der Waals surface area (Å²) in [5.74, 6) is 0.608. The van der Waals surface area contributed by atoms with Gasteiger partial charge in [0.1, 0.15) is 6.10 Å². The van der Waals surface area contributed by atoms with Crippen molar-refractivity contribution in [3.05, 3.63) is 12.2 Å². The Labute approximate surface area is 104 Å². The summed E-state index contributed by atoms with van der Waals surface area (Å²) in [6.07, 6.45) is 10.4. The third kappa shape index (κ3) is 2.02. The fraction of sp³-hybridized carbons (Fsp3) is 0.800. The third-order valence-corrected chi connectivity index (χ3v) is 5.02. The van der Waals surface area contributed by atoms with Crippen molar-refractivity contribution in [2.24, 2.45) is 16.7 Å². The van der Waals surface area contributed by atoms with Crippen molar-refractivity contribution in [1.29, 1.82) is 0 Å². The summed E-state index contributed by atoms with van der Waals surface area (Å²) in [4.78, 5) is 10.9. The van der Waals surface area contributed by atoms with Crippen LogP contribution in [0.25, 0.3) is 0 Å². The Hall–Kier alpha value is -0.790. The normalized spacial score (nSPS) is 40.2. The van der Waals surface area contributed by atoms with Gasteiger partial charge in [0.25, 0.3) is 6.47 Å². The van der Waals surface area contributed by atoms with Gasteiger partial charge in [-0.2, -0.15) is 0 Å². The standard InChI is InChI=1S/C15H24O2/c1-12-7-4-5-9-15(12)10-6-8-14(2,3)13(15)17-11-16/h4-5,11-13H,6-10H2,1-3H3. The lowest BCUT2D eigenvalue weighted by Crippen LogP contribution is -2.53. The highest BCUT2D eigenvalue weighted by Gasteiger charge is 2.53. The minimum atomic E-state index is 0.0706. The number of hydrogen-bond acceptors (Lipinski definition) is 2. The highest BCUT2D eigenvalue weighted by Crippen LogP contribution is 2.55. The Morgan fingerprint density at radius 2 is 2.06 bits per heavy atom. The fourth-order valence-corrected chi connectivity index (χ4v) is 4.04. The maximum Gasteiger partial charge on any atom is 0.293 e. The maximum atomic E-state index is 10.9. The van der Waals surface area contributed by atoms with E-state index in [1.54, 1.807) is 0 Å². The van der Waals surface area contributed by atoms with Crippen LogP contribution in [-0.4, -0.2) is 12.6 Å². The largest absolute Gasteiger partial charge is 0.463 e. The first kappa shape index (κ1) is 12.7. The minimum Gasteiger partial charge on any atom is -0.463 e. The number of allylic oxidation sites excluding steroid dienone is 2. The van der Waals surface area contributed by atoms with Crippen LogP contribution in [0.15, 0.2) is 12.2 Å². The summed E-state index contributed by atoms with van der Waals surface area (Å²) in [5, 5.41) is 0. The minimum absolute atomic E-state index is 0.0706. The van der Waals surface area contributed by atoms with Crippen LogP contribution in [-0.2, 0) is 9.53 Å². The van der Waals surface area contributed by atoms with Gasteiger partial charge in [-0.05, 0) is 31.6 Å². The zero-order valence-corrected chi connectivity index (χ0v) is 11.2. The van der Waals surface area contributed by atoms with Crippen molar-refractivity contribution >= 4 is 6.47 Å². The predicted octanol–water partition coefficient (Wildman–Crippen LogP) is 3.71. The van der Waals surface area contributed by atoms with Gasteiger partial charge in [0.05, 0.1) is 0 Å². The second kappa shape index (κ2) is 4.47. The predicted molar refractivity (Wildman–Crippen MR) is 68.5 cm³/mol. The van der Waals surface area contributed by atoms with Gasteiger partial charge in [0.15, 0.2) is 0 Å². The van der Waals surface area contributed by atoms with E-state index in [1.165, 1.54) is 12.8 Å². The number of hydrogen-bond donors (Lipinski definition) is 0. The van der Waals surface area contributed by atoms with Crippen LogP contribution < -0.4 is 0 Å². The molecule has 2 heteroatoms. The molecule has 3 unspecified atom stereocenters. The van der Waals surface area contributed by atoms with E-state index in [1.807, 2.05) is 0 Å². The molecular formula is C15H24O2. The number of rotatable bonds is 2. The number of carbonyl (C=O) groups is 1. The molecule has 17 heavy (non-hydrogen) atoms. The van der Waals surface area contributed by atoms with Gasteiger partial charge in [-0.1, -0.05) is 39.3 Å². The average Bonchev–Trinajstić information content (AvgIpc) is 2.27. The monoisotopic (exact) mass is 236 g/mol. The van der Waals surface area contributed by atoms with E-state index in [9.17, 15) is 4.79 Å². The van der Waals surface area contributed by atoms with Crippen LogP contribution in [0, 0.1) is 16.7 Å². The van der Waals surface area contributed by atoms with Gasteiger partial charge in [-0.25, -0.2) is 0 Å². The Morgan fingerprint density at radius 3 is 2.71 bits per heavy atom. The zero-order chi connectivity index (χ0) is 12.5. The molecule has 2 nitrogen and oxygen atoms in total. The van der Waals surface area contributed by atoms with E-state index in [2.05, 4.69) is 32.9 Å². The Kier molecular flexibility index (Phi) is 3.33. The summed E-state index contributed by atoms with van der Waals surface area (Å²) in [7, 11) is 0.